The Balaban J connectivity index is 1.82. The molecule has 2 aliphatic carbocycles. The number of hydrogen-bond donors (Lipinski definition) is 2. The molecule has 2 unspecified atom stereocenters. The second kappa shape index (κ2) is 6.36. The van der Waals surface area contributed by atoms with E-state index in [4.69, 9.17) is 0 Å². The summed E-state index contributed by atoms with van der Waals surface area (Å²) >= 11 is 0. The normalized spacial score (nSPS) is 23.0. The van der Waals surface area contributed by atoms with Crippen molar-refractivity contribution in [3.63, 3.8) is 0 Å². The molecule has 5 rings (SSSR count). The van der Waals surface area contributed by atoms with Crippen molar-refractivity contribution in [3.8, 4) is 0 Å². The van der Waals surface area contributed by atoms with Gasteiger partial charge in [-0.05, 0) is 11.1 Å². The Morgan fingerprint density at radius 2 is 1.39 bits per heavy atom. The SMILES string of the molecule is OC1=C2C(=CC=CC2c2ccccc2)C(O)(c2ccccc2)c2ccccc21. The van der Waals surface area contributed by atoms with Crippen LogP contribution in [0.2, 0.25) is 0 Å². The molecule has 0 aliphatic heterocycles. The largest absolute Gasteiger partial charge is 0.507 e. The summed E-state index contributed by atoms with van der Waals surface area (Å²) in [5.74, 6) is 0.116. The minimum Gasteiger partial charge on any atom is -0.507 e. The molecular weight excluding hydrogens is 344 g/mol. The standard InChI is InChI=1S/C26H20O2/c27-25-21-14-7-8-16-22(21)26(28,19-12-5-2-6-13-19)23-17-9-15-20(24(23)25)18-10-3-1-4-11-18/h1-17,20,27-28H. The summed E-state index contributed by atoms with van der Waals surface area (Å²) in [5, 5.41) is 23.4. The summed E-state index contributed by atoms with van der Waals surface area (Å²) in [4.78, 5) is 0. The van der Waals surface area contributed by atoms with Gasteiger partial charge in [-0.25, -0.2) is 0 Å². The fraction of sp³-hybridized carbons (Fsp3) is 0.0769. The van der Waals surface area contributed by atoms with Crippen molar-refractivity contribution < 1.29 is 10.2 Å². The molecule has 0 spiro atoms. The molecule has 2 heteroatoms. The van der Waals surface area contributed by atoms with Gasteiger partial charge in [0.25, 0.3) is 0 Å². The summed E-state index contributed by atoms with van der Waals surface area (Å²) in [6, 6.07) is 27.3. The van der Waals surface area contributed by atoms with Gasteiger partial charge >= 0.3 is 0 Å². The second-order valence-electron chi connectivity index (χ2n) is 7.24. The fourth-order valence-corrected chi connectivity index (χ4v) is 4.43. The van der Waals surface area contributed by atoms with Crippen LogP contribution in [0.5, 0.6) is 0 Å². The van der Waals surface area contributed by atoms with Crippen LogP contribution in [0.3, 0.4) is 0 Å². The van der Waals surface area contributed by atoms with Gasteiger partial charge in [-0.1, -0.05) is 103 Å². The van der Waals surface area contributed by atoms with Gasteiger partial charge in [0.1, 0.15) is 11.4 Å². The molecule has 136 valence electrons. The molecule has 0 radical (unpaired) electrons. The van der Waals surface area contributed by atoms with Crippen molar-refractivity contribution in [1.29, 1.82) is 0 Å². The van der Waals surface area contributed by atoms with Crippen LogP contribution < -0.4 is 0 Å². The third kappa shape index (κ3) is 2.32. The Morgan fingerprint density at radius 1 is 0.750 bits per heavy atom. The van der Waals surface area contributed by atoms with Crippen LogP contribution in [0.25, 0.3) is 5.76 Å². The van der Waals surface area contributed by atoms with E-state index >= 15 is 0 Å². The van der Waals surface area contributed by atoms with Crippen LogP contribution in [-0.2, 0) is 5.60 Å². The molecule has 0 fully saturated rings. The highest BCUT2D eigenvalue weighted by Crippen LogP contribution is 2.53. The zero-order valence-corrected chi connectivity index (χ0v) is 15.3. The van der Waals surface area contributed by atoms with Gasteiger partial charge in [-0.3, -0.25) is 0 Å². The van der Waals surface area contributed by atoms with Gasteiger partial charge in [0.05, 0.1) is 0 Å². The third-order valence-electron chi connectivity index (χ3n) is 5.73. The molecule has 3 aromatic carbocycles. The predicted molar refractivity (Wildman–Crippen MR) is 112 cm³/mol. The maximum Gasteiger partial charge on any atom is 0.141 e. The number of allylic oxidation sites excluding steroid dienone is 3. The van der Waals surface area contributed by atoms with Gasteiger partial charge in [0.15, 0.2) is 0 Å². The van der Waals surface area contributed by atoms with Gasteiger partial charge in [0.2, 0.25) is 0 Å². The molecule has 0 heterocycles. The summed E-state index contributed by atoms with van der Waals surface area (Å²) in [6.45, 7) is 0. The maximum atomic E-state index is 12.1. The van der Waals surface area contributed by atoms with Gasteiger partial charge in [-0.2, -0.15) is 0 Å². The van der Waals surface area contributed by atoms with E-state index in [2.05, 4.69) is 18.2 Å². The molecule has 0 amide bonds. The summed E-state index contributed by atoms with van der Waals surface area (Å²) < 4.78 is 0. The van der Waals surface area contributed by atoms with E-state index in [1.165, 1.54) is 0 Å². The molecule has 2 nitrogen and oxygen atoms in total. The van der Waals surface area contributed by atoms with Crippen LogP contribution in [0.15, 0.2) is 114 Å². The van der Waals surface area contributed by atoms with Crippen LogP contribution >= 0.6 is 0 Å². The van der Waals surface area contributed by atoms with E-state index in [1.54, 1.807) is 0 Å². The zero-order valence-electron chi connectivity index (χ0n) is 15.3. The summed E-state index contributed by atoms with van der Waals surface area (Å²) in [7, 11) is 0. The lowest BCUT2D eigenvalue weighted by atomic mass is 9.66. The predicted octanol–water partition coefficient (Wildman–Crippen LogP) is 5.49. The van der Waals surface area contributed by atoms with E-state index < -0.39 is 5.60 Å². The fourth-order valence-electron chi connectivity index (χ4n) is 4.43. The Morgan fingerprint density at radius 3 is 2.14 bits per heavy atom. The lowest BCUT2D eigenvalue weighted by Crippen LogP contribution is -2.36. The van der Waals surface area contributed by atoms with Crippen LogP contribution in [0, 0.1) is 0 Å². The monoisotopic (exact) mass is 364 g/mol. The molecule has 0 saturated carbocycles. The van der Waals surface area contributed by atoms with Gasteiger partial charge in [0, 0.05) is 28.2 Å². The van der Waals surface area contributed by atoms with Crippen molar-refractivity contribution in [3.05, 3.63) is 137 Å². The van der Waals surface area contributed by atoms with Crippen molar-refractivity contribution in [2.75, 3.05) is 0 Å². The first-order chi connectivity index (χ1) is 13.7. The van der Waals surface area contributed by atoms with Crippen molar-refractivity contribution in [1.82, 2.24) is 0 Å². The molecule has 3 aromatic rings. The lowest BCUT2D eigenvalue weighted by molar-refractivity contribution is 0.119. The average Bonchev–Trinajstić information content (AvgIpc) is 2.78. The van der Waals surface area contributed by atoms with E-state index in [-0.39, 0.29) is 11.7 Å². The number of aliphatic hydroxyl groups excluding tert-OH is 1. The lowest BCUT2D eigenvalue weighted by Gasteiger charge is -2.41. The highest BCUT2D eigenvalue weighted by Gasteiger charge is 2.46. The minimum atomic E-state index is -1.32. The maximum absolute atomic E-state index is 12.1. The van der Waals surface area contributed by atoms with E-state index in [0.717, 1.165) is 22.3 Å². The van der Waals surface area contributed by atoms with Crippen LogP contribution in [-0.4, -0.2) is 10.2 Å². The number of fused-ring (bicyclic) bond motifs is 2. The molecule has 0 bridgehead atoms. The Kier molecular flexibility index (Phi) is 3.81. The van der Waals surface area contributed by atoms with E-state index in [0.29, 0.717) is 11.1 Å². The molecule has 0 aromatic heterocycles. The van der Waals surface area contributed by atoms with E-state index in [1.807, 2.05) is 84.9 Å². The molecule has 2 N–H and O–H groups in total. The smallest absolute Gasteiger partial charge is 0.141 e. The number of benzene rings is 3. The average molecular weight is 364 g/mol. The van der Waals surface area contributed by atoms with Gasteiger partial charge < -0.3 is 10.2 Å². The number of hydrogen-bond acceptors (Lipinski definition) is 2. The van der Waals surface area contributed by atoms with Gasteiger partial charge in [-0.15, -0.1) is 0 Å². The first kappa shape index (κ1) is 16.8. The number of aliphatic hydroxyl groups is 2. The molecule has 0 saturated heterocycles. The first-order valence-electron chi connectivity index (χ1n) is 9.46. The van der Waals surface area contributed by atoms with E-state index in [9.17, 15) is 10.2 Å². The van der Waals surface area contributed by atoms with Crippen molar-refractivity contribution >= 4 is 5.76 Å². The molecule has 2 aliphatic rings. The van der Waals surface area contributed by atoms with Crippen LogP contribution in [0.1, 0.15) is 28.2 Å². The van der Waals surface area contributed by atoms with Crippen molar-refractivity contribution in [2.45, 2.75) is 11.5 Å². The Bertz CT molecular complexity index is 1120. The summed E-state index contributed by atoms with van der Waals surface area (Å²) in [5.41, 5.74) is 3.43. The Hall–Kier alpha value is -3.36. The van der Waals surface area contributed by atoms with Crippen LogP contribution in [0.4, 0.5) is 0 Å². The zero-order chi connectivity index (χ0) is 19.1. The Labute approximate surface area is 164 Å². The first-order valence-corrected chi connectivity index (χ1v) is 9.46. The minimum absolute atomic E-state index is 0.121. The summed E-state index contributed by atoms with van der Waals surface area (Å²) in [6.07, 6.45) is 5.98. The topological polar surface area (TPSA) is 40.5 Å². The third-order valence-corrected chi connectivity index (χ3v) is 5.73. The quantitative estimate of drug-likeness (QED) is 0.632. The molecule has 2 atom stereocenters. The van der Waals surface area contributed by atoms with Crippen molar-refractivity contribution in [2.24, 2.45) is 0 Å². The molecule has 28 heavy (non-hydrogen) atoms. The molecular formula is C26H20O2. The highest BCUT2D eigenvalue weighted by molar-refractivity contribution is 5.80. The second-order valence-corrected chi connectivity index (χ2v) is 7.24. The highest BCUT2D eigenvalue weighted by atomic mass is 16.3. The number of rotatable bonds is 2.